The van der Waals surface area contributed by atoms with E-state index in [0.717, 1.165) is 12.8 Å². The Kier molecular flexibility index (Phi) is 7.89. The fourth-order valence-corrected chi connectivity index (χ4v) is 4.53. The van der Waals surface area contributed by atoms with Gasteiger partial charge in [-0.3, -0.25) is 4.79 Å². The van der Waals surface area contributed by atoms with E-state index < -0.39 is 0 Å². The Bertz CT molecular complexity index is 726. The standard InChI is InChI=1S/C27H36O/c1-3-5-7-9-21-10-13-23(14-11-21)24-15-17-25(18-16-24)26-19-12-22(8-6-4-2)20-27(26)28/h10-11,13-18,22,26H,3-9,12,19-20H2,1-2H3. The Morgan fingerprint density at radius 3 is 2.04 bits per heavy atom. The predicted molar refractivity (Wildman–Crippen MR) is 120 cm³/mol. The van der Waals surface area contributed by atoms with E-state index in [9.17, 15) is 4.79 Å². The molecule has 0 heterocycles. The molecule has 1 aliphatic carbocycles. The highest BCUT2D eigenvalue weighted by atomic mass is 16.1. The van der Waals surface area contributed by atoms with Gasteiger partial charge in [0, 0.05) is 12.3 Å². The van der Waals surface area contributed by atoms with Gasteiger partial charge in [0.2, 0.25) is 0 Å². The average molecular weight is 377 g/mol. The van der Waals surface area contributed by atoms with Crippen molar-refractivity contribution in [2.45, 2.75) is 84.0 Å². The van der Waals surface area contributed by atoms with Crippen molar-refractivity contribution >= 4 is 5.78 Å². The Hall–Kier alpha value is -1.89. The molecule has 0 aromatic heterocycles. The topological polar surface area (TPSA) is 17.1 Å². The van der Waals surface area contributed by atoms with Gasteiger partial charge in [-0.1, -0.05) is 94.5 Å². The summed E-state index contributed by atoms with van der Waals surface area (Å²) in [5.74, 6) is 1.20. The van der Waals surface area contributed by atoms with Crippen LogP contribution in [0.5, 0.6) is 0 Å². The maximum absolute atomic E-state index is 12.7. The van der Waals surface area contributed by atoms with Crippen molar-refractivity contribution in [1.82, 2.24) is 0 Å². The number of hydrogen-bond donors (Lipinski definition) is 0. The average Bonchev–Trinajstić information content (AvgIpc) is 2.73. The zero-order chi connectivity index (χ0) is 19.8. The minimum Gasteiger partial charge on any atom is -0.299 e. The molecule has 1 saturated carbocycles. The zero-order valence-corrected chi connectivity index (χ0v) is 17.8. The molecule has 0 aliphatic heterocycles. The first kappa shape index (κ1) is 20.8. The Labute approximate surface area is 171 Å². The van der Waals surface area contributed by atoms with Gasteiger partial charge < -0.3 is 0 Å². The summed E-state index contributed by atoms with van der Waals surface area (Å²) in [5.41, 5.74) is 5.14. The van der Waals surface area contributed by atoms with Crippen molar-refractivity contribution in [1.29, 1.82) is 0 Å². The van der Waals surface area contributed by atoms with Crippen LogP contribution in [0.1, 0.15) is 88.7 Å². The number of benzene rings is 2. The van der Waals surface area contributed by atoms with E-state index in [4.69, 9.17) is 0 Å². The van der Waals surface area contributed by atoms with E-state index in [1.54, 1.807) is 0 Å². The lowest BCUT2D eigenvalue weighted by atomic mass is 9.76. The van der Waals surface area contributed by atoms with Gasteiger partial charge >= 0.3 is 0 Å². The van der Waals surface area contributed by atoms with Crippen LogP contribution in [0, 0.1) is 5.92 Å². The minimum absolute atomic E-state index is 0.118. The SMILES string of the molecule is CCCCCc1ccc(-c2ccc(C3CCC(CCCC)CC3=O)cc2)cc1. The molecule has 2 atom stereocenters. The molecule has 2 unspecified atom stereocenters. The third-order valence-corrected chi connectivity index (χ3v) is 6.38. The van der Waals surface area contributed by atoms with Gasteiger partial charge in [-0.05, 0) is 53.9 Å². The number of carbonyl (C=O) groups is 1. The summed E-state index contributed by atoms with van der Waals surface area (Å²) in [6.45, 7) is 4.48. The number of Topliss-reactive ketones (excluding diaryl/α,β-unsaturated/α-hetero) is 1. The van der Waals surface area contributed by atoms with Crippen molar-refractivity contribution in [3.63, 3.8) is 0 Å². The summed E-state index contributed by atoms with van der Waals surface area (Å²) in [5, 5.41) is 0. The molecule has 0 radical (unpaired) electrons. The van der Waals surface area contributed by atoms with Crippen LogP contribution < -0.4 is 0 Å². The fraction of sp³-hybridized carbons (Fsp3) is 0.519. The van der Waals surface area contributed by atoms with Gasteiger partial charge in [0.05, 0.1) is 0 Å². The highest BCUT2D eigenvalue weighted by molar-refractivity contribution is 5.86. The molecule has 2 aromatic rings. The molecule has 150 valence electrons. The van der Waals surface area contributed by atoms with Crippen molar-refractivity contribution in [3.05, 3.63) is 59.7 Å². The Morgan fingerprint density at radius 1 is 0.786 bits per heavy atom. The summed E-state index contributed by atoms with van der Waals surface area (Å²) in [6, 6.07) is 17.7. The predicted octanol–water partition coefficient (Wildman–Crippen LogP) is 7.73. The van der Waals surface area contributed by atoms with Gasteiger partial charge in [0.25, 0.3) is 0 Å². The van der Waals surface area contributed by atoms with Crippen LogP contribution in [0.4, 0.5) is 0 Å². The van der Waals surface area contributed by atoms with E-state index in [-0.39, 0.29) is 5.92 Å². The molecule has 1 nitrogen and oxygen atoms in total. The monoisotopic (exact) mass is 376 g/mol. The molecule has 1 heteroatoms. The number of hydrogen-bond acceptors (Lipinski definition) is 1. The Balaban J connectivity index is 1.60. The maximum Gasteiger partial charge on any atom is 0.140 e. The smallest absolute Gasteiger partial charge is 0.140 e. The highest BCUT2D eigenvalue weighted by Gasteiger charge is 2.29. The van der Waals surface area contributed by atoms with Crippen LogP contribution in [-0.4, -0.2) is 5.78 Å². The zero-order valence-electron chi connectivity index (χ0n) is 17.8. The molecule has 3 rings (SSSR count). The van der Waals surface area contributed by atoms with E-state index in [2.05, 4.69) is 62.4 Å². The maximum atomic E-state index is 12.7. The first-order valence-electron chi connectivity index (χ1n) is 11.4. The fourth-order valence-electron chi connectivity index (χ4n) is 4.53. The largest absolute Gasteiger partial charge is 0.299 e. The number of aryl methyl sites for hydroxylation is 1. The number of rotatable bonds is 9. The summed E-state index contributed by atoms with van der Waals surface area (Å²) in [7, 11) is 0. The van der Waals surface area contributed by atoms with Crippen molar-refractivity contribution < 1.29 is 4.79 Å². The second-order valence-corrected chi connectivity index (χ2v) is 8.58. The Morgan fingerprint density at radius 2 is 1.43 bits per heavy atom. The van der Waals surface area contributed by atoms with Crippen LogP contribution in [0.2, 0.25) is 0 Å². The first-order chi connectivity index (χ1) is 13.7. The molecule has 2 aromatic carbocycles. The lowest BCUT2D eigenvalue weighted by Crippen LogP contribution is -2.23. The second kappa shape index (κ2) is 10.6. The van der Waals surface area contributed by atoms with E-state index in [1.165, 1.54) is 73.6 Å². The molecule has 1 fully saturated rings. The first-order valence-corrected chi connectivity index (χ1v) is 11.4. The van der Waals surface area contributed by atoms with Gasteiger partial charge in [-0.15, -0.1) is 0 Å². The van der Waals surface area contributed by atoms with Crippen LogP contribution in [0.3, 0.4) is 0 Å². The number of ketones is 1. The summed E-state index contributed by atoms with van der Waals surface area (Å²) in [4.78, 5) is 12.7. The summed E-state index contributed by atoms with van der Waals surface area (Å²) in [6.07, 6.45) is 11.8. The lowest BCUT2D eigenvalue weighted by Gasteiger charge is -2.27. The second-order valence-electron chi connectivity index (χ2n) is 8.58. The van der Waals surface area contributed by atoms with E-state index in [1.807, 2.05) is 0 Å². The van der Waals surface area contributed by atoms with Crippen molar-refractivity contribution in [2.24, 2.45) is 5.92 Å². The van der Waals surface area contributed by atoms with E-state index >= 15 is 0 Å². The van der Waals surface area contributed by atoms with Gasteiger partial charge in [-0.25, -0.2) is 0 Å². The quantitative estimate of drug-likeness (QED) is 0.409. The number of carbonyl (C=O) groups excluding carboxylic acids is 1. The molecule has 0 N–H and O–H groups in total. The summed E-state index contributed by atoms with van der Waals surface area (Å²) < 4.78 is 0. The van der Waals surface area contributed by atoms with Crippen molar-refractivity contribution in [2.75, 3.05) is 0 Å². The van der Waals surface area contributed by atoms with Crippen LogP contribution in [0.25, 0.3) is 11.1 Å². The molecule has 1 aliphatic rings. The lowest BCUT2D eigenvalue weighted by molar-refractivity contribution is -0.123. The van der Waals surface area contributed by atoms with Gasteiger partial charge in [0.1, 0.15) is 5.78 Å². The molecule has 0 amide bonds. The molecular formula is C27H36O. The molecule has 28 heavy (non-hydrogen) atoms. The van der Waals surface area contributed by atoms with Crippen LogP contribution >= 0.6 is 0 Å². The number of unbranched alkanes of at least 4 members (excludes halogenated alkanes) is 3. The third kappa shape index (κ3) is 5.56. The molecular weight excluding hydrogens is 340 g/mol. The van der Waals surface area contributed by atoms with Gasteiger partial charge in [-0.2, -0.15) is 0 Å². The van der Waals surface area contributed by atoms with Crippen LogP contribution in [0.15, 0.2) is 48.5 Å². The molecule has 0 bridgehead atoms. The molecule has 0 saturated heterocycles. The minimum atomic E-state index is 0.118. The third-order valence-electron chi connectivity index (χ3n) is 6.38. The summed E-state index contributed by atoms with van der Waals surface area (Å²) >= 11 is 0. The van der Waals surface area contributed by atoms with E-state index in [0.29, 0.717) is 11.7 Å². The van der Waals surface area contributed by atoms with Crippen molar-refractivity contribution in [3.8, 4) is 11.1 Å². The highest BCUT2D eigenvalue weighted by Crippen LogP contribution is 2.36. The van der Waals surface area contributed by atoms with Crippen LogP contribution in [-0.2, 0) is 11.2 Å². The normalized spacial score (nSPS) is 19.7. The molecule has 0 spiro atoms. The van der Waals surface area contributed by atoms with Gasteiger partial charge in [0.15, 0.2) is 0 Å².